The highest BCUT2D eigenvalue weighted by Gasteiger charge is 2.50. The van der Waals surface area contributed by atoms with Crippen LogP contribution in [0.2, 0.25) is 0 Å². The van der Waals surface area contributed by atoms with Gasteiger partial charge in [0, 0.05) is 32.4 Å². The van der Waals surface area contributed by atoms with Crippen molar-refractivity contribution in [1.29, 1.82) is 0 Å². The third-order valence-electron chi connectivity index (χ3n) is 5.77. The quantitative estimate of drug-likeness (QED) is 0.746. The Morgan fingerprint density at radius 1 is 1.43 bits per heavy atom. The molecule has 2 heterocycles. The van der Waals surface area contributed by atoms with Gasteiger partial charge in [-0.15, -0.1) is 0 Å². The van der Waals surface area contributed by atoms with Crippen LogP contribution >= 0.6 is 0 Å². The summed E-state index contributed by atoms with van der Waals surface area (Å²) in [6, 6.07) is -1.33. The van der Waals surface area contributed by atoms with Crippen LogP contribution in [0.25, 0.3) is 0 Å². The minimum absolute atomic E-state index is 0.0141. The van der Waals surface area contributed by atoms with Gasteiger partial charge >= 0.3 is 0 Å². The molecule has 2 aliphatic heterocycles. The van der Waals surface area contributed by atoms with Gasteiger partial charge in [0.1, 0.15) is 11.4 Å². The molecule has 8 nitrogen and oxygen atoms in total. The number of rotatable bonds is 4. The number of hydrogen-bond donors (Lipinski definition) is 2. The Balaban J connectivity index is 1.73. The molecule has 2 N–H and O–H groups in total. The third-order valence-corrected chi connectivity index (χ3v) is 5.77. The van der Waals surface area contributed by atoms with Gasteiger partial charge in [-0.05, 0) is 25.3 Å². The molecule has 3 aliphatic rings. The maximum absolute atomic E-state index is 15.0. The van der Waals surface area contributed by atoms with E-state index in [0.29, 0.717) is 29.9 Å². The topological polar surface area (TPSA) is 99.0 Å². The Morgan fingerprint density at radius 2 is 2.18 bits per heavy atom. The van der Waals surface area contributed by atoms with E-state index in [1.54, 1.807) is 6.08 Å². The van der Waals surface area contributed by atoms with Crippen molar-refractivity contribution >= 4 is 11.8 Å². The maximum atomic E-state index is 15.0. The normalized spacial score (nSPS) is 33.1. The van der Waals surface area contributed by atoms with Crippen LogP contribution in [-0.4, -0.2) is 63.6 Å². The summed E-state index contributed by atoms with van der Waals surface area (Å²) in [5.41, 5.74) is -1.34. The van der Waals surface area contributed by atoms with Crippen molar-refractivity contribution in [3.8, 4) is 0 Å². The first-order chi connectivity index (χ1) is 13.2. The molecule has 2 fully saturated rings. The van der Waals surface area contributed by atoms with Crippen LogP contribution in [0.3, 0.4) is 0 Å². The molecule has 0 aromatic heterocycles. The molecule has 3 rings (SSSR count). The second kappa shape index (κ2) is 7.98. The van der Waals surface area contributed by atoms with Crippen molar-refractivity contribution in [2.45, 2.75) is 69.7 Å². The van der Waals surface area contributed by atoms with Gasteiger partial charge in [-0.25, -0.2) is 9.23 Å². The molecule has 2 saturated heterocycles. The third kappa shape index (κ3) is 3.94. The van der Waals surface area contributed by atoms with Crippen molar-refractivity contribution < 1.29 is 28.8 Å². The molecule has 3 unspecified atom stereocenters. The molecular weight excluding hydrogens is 369 g/mol. The van der Waals surface area contributed by atoms with Crippen molar-refractivity contribution in [2.75, 3.05) is 13.1 Å². The number of aliphatic hydroxyl groups is 1. The lowest BCUT2D eigenvalue weighted by Gasteiger charge is -2.45. The molecule has 28 heavy (non-hydrogen) atoms. The number of amides is 2. The van der Waals surface area contributed by atoms with Crippen LogP contribution < -0.4 is 5.32 Å². The summed E-state index contributed by atoms with van der Waals surface area (Å²) in [7, 11) is 0. The van der Waals surface area contributed by atoms with Crippen LogP contribution in [0, 0.1) is 4.91 Å². The molecule has 0 bridgehead atoms. The minimum atomic E-state index is -1.78. The van der Waals surface area contributed by atoms with E-state index in [0.717, 1.165) is 12.8 Å². The van der Waals surface area contributed by atoms with E-state index >= 15 is 4.39 Å². The van der Waals surface area contributed by atoms with E-state index in [2.05, 4.69) is 5.32 Å². The first-order valence-electron chi connectivity index (χ1n) is 9.67. The van der Waals surface area contributed by atoms with E-state index in [1.807, 2.05) is 0 Å². The molecule has 0 spiro atoms. The number of piperidine rings is 1. The zero-order chi connectivity index (χ0) is 20.5. The van der Waals surface area contributed by atoms with Crippen LogP contribution in [0.1, 0.15) is 46.0 Å². The molecular formula is C19H27FN3O5+. The fourth-order valence-electron chi connectivity index (χ4n) is 4.27. The van der Waals surface area contributed by atoms with Crippen LogP contribution in [0.15, 0.2) is 23.6 Å². The molecule has 154 valence electrons. The number of likely N-dealkylation sites (tertiary alicyclic amines) is 1. The zero-order valence-corrected chi connectivity index (χ0v) is 16.2. The van der Waals surface area contributed by atoms with Gasteiger partial charge in [-0.3, -0.25) is 9.59 Å². The first-order valence-corrected chi connectivity index (χ1v) is 9.67. The first kappa shape index (κ1) is 20.4. The number of carbonyl (C=O) groups is 2. The van der Waals surface area contributed by atoms with Gasteiger partial charge in [0.2, 0.25) is 16.7 Å². The molecule has 4 atom stereocenters. The molecule has 0 radical (unpaired) electrons. The van der Waals surface area contributed by atoms with Crippen molar-refractivity contribution in [1.82, 2.24) is 10.2 Å². The Morgan fingerprint density at radius 3 is 2.82 bits per heavy atom. The largest absolute Gasteiger partial charge is 0.380 e. The molecule has 9 heteroatoms. The average Bonchev–Trinajstić information content (AvgIpc) is 3.03. The van der Waals surface area contributed by atoms with Gasteiger partial charge in [-0.1, -0.05) is 6.08 Å². The number of nitrogens with one attached hydrogen (secondary N) is 1. The molecule has 0 aromatic carbocycles. The zero-order valence-electron chi connectivity index (χ0n) is 16.2. The van der Waals surface area contributed by atoms with E-state index < -0.39 is 29.6 Å². The molecule has 1 aliphatic carbocycles. The number of nitrogens with zero attached hydrogens (tertiary/aromatic N) is 2. The summed E-state index contributed by atoms with van der Waals surface area (Å²) >= 11 is 0. The summed E-state index contributed by atoms with van der Waals surface area (Å²) < 4.78 is 15.0. The van der Waals surface area contributed by atoms with Gasteiger partial charge in [0.25, 0.3) is 6.04 Å². The van der Waals surface area contributed by atoms with Crippen molar-refractivity contribution in [2.24, 2.45) is 0 Å². The summed E-state index contributed by atoms with van der Waals surface area (Å²) in [5, 5.41) is 13.7. The van der Waals surface area contributed by atoms with Gasteiger partial charge in [0.15, 0.2) is 6.10 Å². The van der Waals surface area contributed by atoms with E-state index in [9.17, 15) is 19.6 Å². The fraction of sp³-hybridized carbons (Fsp3) is 0.684. The summed E-state index contributed by atoms with van der Waals surface area (Å²) in [6.07, 6.45) is 4.82. The highest BCUT2D eigenvalue weighted by Crippen LogP contribution is 2.40. The monoisotopic (exact) mass is 396 g/mol. The SMILES string of the molecule is CC(=O)NCC1CC(C2=CC[C@](O)(C3CCCCN3C(C)=O)C(F)=C2)[N+](=O)O1. The minimum Gasteiger partial charge on any atom is -0.380 e. The summed E-state index contributed by atoms with van der Waals surface area (Å²) in [5.74, 6) is -1.14. The number of hydrogen-bond acceptors (Lipinski definition) is 5. The lowest BCUT2D eigenvalue weighted by molar-refractivity contribution is -0.802. The molecule has 2 amide bonds. The number of carbonyl (C=O) groups excluding carboxylic acids is 2. The van der Waals surface area contributed by atoms with Crippen molar-refractivity contribution in [3.63, 3.8) is 0 Å². The summed E-state index contributed by atoms with van der Waals surface area (Å²) in [4.78, 5) is 42.2. The summed E-state index contributed by atoms with van der Waals surface area (Å²) in [6.45, 7) is 3.50. The van der Waals surface area contributed by atoms with Crippen LogP contribution in [0.5, 0.6) is 0 Å². The highest BCUT2D eigenvalue weighted by atomic mass is 19.1. The standard InChI is InChI=1S/C19H26FN3O5/c1-12(24)21-11-15-10-16(23(27)28-15)14-6-7-19(26,17(20)9-14)18-5-3-4-8-22(18)13(2)25/h6,9,15-16,18,26H,3-5,7-8,10-11H2,1-2H3/p+1/t15?,16?,18?,19-/m1/s1. The Kier molecular flexibility index (Phi) is 5.83. The maximum Gasteiger partial charge on any atom is 0.286 e. The van der Waals surface area contributed by atoms with Crippen LogP contribution in [0.4, 0.5) is 4.39 Å². The Labute approximate surface area is 162 Å². The lowest BCUT2D eigenvalue weighted by Crippen LogP contribution is -2.57. The van der Waals surface area contributed by atoms with Crippen molar-refractivity contribution in [3.05, 3.63) is 28.5 Å². The lowest BCUT2D eigenvalue weighted by atomic mass is 9.78. The van der Waals surface area contributed by atoms with Gasteiger partial charge in [-0.2, -0.15) is 0 Å². The smallest absolute Gasteiger partial charge is 0.286 e. The average molecular weight is 396 g/mol. The van der Waals surface area contributed by atoms with E-state index in [1.165, 1.54) is 24.8 Å². The number of halogens is 1. The fourth-order valence-corrected chi connectivity index (χ4v) is 4.27. The van der Waals surface area contributed by atoms with Crippen LogP contribution in [-0.2, 0) is 14.4 Å². The Hall–Kier alpha value is -2.29. The van der Waals surface area contributed by atoms with Gasteiger partial charge in [0.05, 0.1) is 23.9 Å². The predicted molar refractivity (Wildman–Crippen MR) is 97.5 cm³/mol. The Bertz CT molecular complexity index is 737. The molecule has 0 aromatic rings. The second-order valence-corrected chi connectivity index (χ2v) is 7.75. The van der Waals surface area contributed by atoms with E-state index in [4.69, 9.17) is 4.84 Å². The highest BCUT2D eigenvalue weighted by molar-refractivity contribution is 5.74. The van der Waals surface area contributed by atoms with Gasteiger partial charge < -0.3 is 15.3 Å². The predicted octanol–water partition coefficient (Wildman–Crippen LogP) is 1.29. The molecule has 0 saturated carbocycles. The second-order valence-electron chi connectivity index (χ2n) is 7.75. The van der Waals surface area contributed by atoms with E-state index in [-0.39, 0.29) is 24.8 Å².